The average molecular weight is 375 g/mol. The molecule has 4 aromatic rings. The highest BCUT2D eigenvalue weighted by Gasteiger charge is 2.35. The largest absolute Gasteiger partial charge is 0.0622 e. The number of aryl methyl sites for hydroxylation is 1. The molecule has 0 fully saturated rings. The predicted octanol–water partition coefficient (Wildman–Crippen LogP) is 7.89. The van der Waals surface area contributed by atoms with Crippen molar-refractivity contribution in [2.24, 2.45) is 0 Å². The van der Waals surface area contributed by atoms with E-state index in [1.165, 1.54) is 50.1 Å². The molecular weight excluding hydrogens is 348 g/mol. The van der Waals surface area contributed by atoms with Crippen molar-refractivity contribution in [3.8, 4) is 33.4 Å². The molecule has 0 unspecified atom stereocenters. The zero-order chi connectivity index (χ0) is 20.0. The second-order valence-corrected chi connectivity index (χ2v) is 8.56. The lowest BCUT2D eigenvalue weighted by Gasteiger charge is -2.22. The summed E-state index contributed by atoms with van der Waals surface area (Å²) in [7, 11) is 0. The molecule has 1 aliphatic rings. The van der Waals surface area contributed by atoms with Gasteiger partial charge in [-0.15, -0.1) is 0 Å². The number of benzene rings is 4. The summed E-state index contributed by atoms with van der Waals surface area (Å²) in [5.41, 5.74) is 12.1. The van der Waals surface area contributed by atoms with Gasteiger partial charge < -0.3 is 0 Å². The van der Waals surface area contributed by atoms with Gasteiger partial charge in [-0.1, -0.05) is 99.6 Å². The molecule has 0 N–H and O–H groups in total. The van der Waals surface area contributed by atoms with E-state index in [0.717, 1.165) is 6.42 Å². The Balaban J connectivity index is 1.62. The van der Waals surface area contributed by atoms with Crippen LogP contribution in [0.25, 0.3) is 33.4 Å². The van der Waals surface area contributed by atoms with Crippen LogP contribution in [0.5, 0.6) is 0 Å². The summed E-state index contributed by atoms with van der Waals surface area (Å²) >= 11 is 0. The van der Waals surface area contributed by atoms with Gasteiger partial charge in [0.1, 0.15) is 0 Å². The summed E-state index contributed by atoms with van der Waals surface area (Å²) in [6, 6.07) is 33.6. The first-order valence-electron chi connectivity index (χ1n) is 10.5. The van der Waals surface area contributed by atoms with Gasteiger partial charge in [-0.2, -0.15) is 0 Å². The van der Waals surface area contributed by atoms with Crippen molar-refractivity contribution in [2.75, 3.05) is 0 Å². The Hall–Kier alpha value is -3.12. The van der Waals surface area contributed by atoms with Crippen LogP contribution in [0.3, 0.4) is 0 Å². The quantitative estimate of drug-likeness (QED) is 0.342. The van der Waals surface area contributed by atoms with Gasteiger partial charge in [0, 0.05) is 5.41 Å². The molecule has 0 nitrogen and oxygen atoms in total. The van der Waals surface area contributed by atoms with Gasteiger partial charge in [-0.3, -0.25) is 0 Å². The van der Waals surface area contributed by atoms with Gasteiger partial charge in [0.2, 0.25) is 0 Å². The molecular formula is C29H26. The molecule has 0 saturated carbocycles. The Labute approximate surface area is 173 Å². The van der Waals surface area contributed by atoms with E-state index >= 15 is 0 Å². The van der Waals surface area contributed by atoms with E-state index in [2.05, 4.69) is 112 Å². The van der Waals surface area contributed by atoms with Gasteiger partial charge in [-0.05, 0) is 68.6 Å². The lowest BCUT2D eigenvalue weighted by atomic mass is 9.81. The van der Waals surface area contributed by atoms with Crippen molar-refractivity contribution in [2.45, 2.75) is 32.6 Å². The van der Waals surface area contributed by atoms with E-state index in [4.69, 9.17) is 0 Å². The molecule has 4 aromatic carbocycles. The molecule has 142 valence electrons. The minimum Gasteiger partial charge on any atom is -0.0622 e. The van der Waals surface area contributed by atoms with E-state index in [-0.39, 0.29) is 5.41 Å². The van der Waals surface area contributed by atoms with Crippen molar-refractivity contribution in [3.05, 3.63) is 108 Å². The summed E-state index contributed by atoms with van der Waals surface area (Å²) in [6.45, 7) is 6.90. The zero-order valence-electron chi connectivity index (χ0n) is 17.4. The summed E-state index contributed by atoms with van der Waals surface area (Å²) in [6.07, 6.45) is 1.08. The summed E-state index contributed by atoms with van der Waals surface area (Å²) < 4.78 is 0. The molecule has 5 rings (SSSR count). The number of fused-ring (bicyclic) bond motifs is 3. The van der Waals surface area contributed by atoms with E-state index in [1.807, 2.05) is 0 Å². The van der Waals surface area contributed by atoms with Crippen molar-refractivity contribution in [1.29, 1.82) is 0 Å². The topological polar surface area (TPSA) is 0 Å². The van der Waals surface area contributed by atoms with Gasteiger partial charge in [0.25, 0.3) is 0 Å². The molecule has 0 radical (unpaired) electrons. The second kappa shape index (κ2) is 6.74. The van der Waals surface area contributed by atoms with E-state index in [1.54, 1.807) is 0 Å². The average Bonchev–Trinajstić information content (AvgIpc) is 3.00. The smallest absolute Gasteiger partial charge is 0.0159 e. The fourth-order valence-corrected chi connectivity index (χ4v) is 4.68. The van der Waals surface area contributed by atoms with Gasteiger partial charge in [0.05, 0.1) is 0 Å². The van der Waals surface area contributed by atoms with Gasteiger partial charge in [-0.25, -0.2) is 0 Å². The van der Waals surface area contributed by atoms with E-state index < -0.39 is 0 Å². The highest BCUT2D eigenvalue weighted by molar-refractivity contribution is 5.86. The molecule has 1 aliphatic carbocycles. The van der Waals surface area contributed by atoms with Crippen LogP contribution in [0.15, 0.2) is 91.0 Å². The summed E-state index contributed by atoms with van der Waals surface area (Å²) in [4.78, 5) is 0. The maximum absolute atomic E-state index is 2.39. The second-order valence-electron chi connectivity index (χ2n) is 8.56. The Morgan fingerprint density at radius 2 is 1.17 bits per heavy atom. The summed E-state index contributed by atoms with van der Waals surface area (Å²) in [5, 5.41) is 0. The molecule has 0 atom stereocenters. The Morgan fingerprint density at radius 3 is 1.90 bits per heavy atom. The molecule has 0 heteroatoms. The standard InChI is InChI=1S/C29H26/c1-4-20-10-12-22(13-11-20)23-15-17-27-26(18-23)25-16-14-24(19-28(25)29(27,2)3)21-8-6-5-7-9-21/h5-19H,4H2,1-3H3. The minimum atomic E-state index is 0.0139. The first-order valence-corrected chi connectivity index (χ1v) is 10.5. The van der Waals surface area contributed by atoms with Gasteiger partial charge in [0.15, 0.2) is 0 Å². The number of rotatable bonds is 3. The molecule has 29 heavy (non-hydrogen) atoms. The van der Waals surface area contributed by atoms with Crippen LogP contribution in [-0.2, 0) is 11.8 Å². The van der Waals surface area contributed by atoms with Crippen molar-refractivity contribution in [3.63, 3.8) is 0 Å². The molecule has 0 aliphatic heterocycles. The fourth-order valence-electron chi connectivity index (χ4n) is 4.68. The Kier molecular flexibility index (Phi) is 4.17. The van der Waals surface area contributed by atoms with Crippen LogP contribution in [0, 0.1) is 0 Å². The van der Waals surface area contributed by atoms with Crippen LogP contribution in [0.4, 0.5) is 0 Å². The molecule has 0 spiro atoms. The van der Waals surface area contributed by atoms with Crippen LogP contribution in [0.1, 0.15) is 37.5 Å². The number of hydrogen-bond donors (Lipinski definition) is 0. The first kappa shape index (κ1) is 17.9. The predicted molar refractivity (Wildman–Crippen MR) is 124 cm³/mol. The highest BCUT2D eigenvalue weighted by atomic mass is 14.4. The maximum Gasteiger partial charge on any atom is 0.0159 e. The van der Waals surface area contributed by atoms with E-state index in [0.29, 0.717) is 0 Å². The monoisotopic (exact) mass is 374 g/mol. The molecule has 0 heterocycles. The van der Waals surface area contributed by atoms with Crippen LogP contribution >= 0.6 is 0 Å². The Bertz CT molecular complexity index is 1180. The van der Waals surface area contributed by atoms with Crippen molar-refractivity contribution >= 4 is 0 Å². The first-order chi connectivity index (χ1) is 14.1. The SMILES string of the molecule is CCc1ccc(-c2ccc3c(c2)-c2ccc(-c4ccccc4)cc2C3(C)C)cc1. The van der Waals surface area contributed by atoms with Crippen LogP contribution < -0.4 is 0 Å². The third kappa shape index (κ3) is 2.91. The Morgan fingerprint density at radius 1 is 0.552 bits per heavy atom. The lowest BCUT2D eigenvalue weighted by Crippen LogP contribution is -2.15. The lowest BCUT2D eigenvalue weighted by molar-refractivity contribution is 0.660. The van der Waals surface area contributed by atoms with Crippen LogP contribution in [0.2, 0.25) is 0 Å². The molecule has 0 bridgehead atoms. The molecule has 0 amide bonds. The normalized spacial score (nSPS) is 13.8. The minimum absolute atomic E-state index is 0.0139. The van der Waals surface area contributed by atoms with Crippen molar-refractivity contribution in [1.82, 2.24) is 0 Å². The maximum atomic E-state index is 2.39. The van der Waals surface area contributed by atoms with Gasteiger partial charge >= 0.3 is 0 Å². The summed E-state index contributed by atoms with van der Waals surface area (Å²) in [5.74, 6) is 0. The third-order valence-electron chi connectivity index (χ3n) is 6.48. The molecule has 0 saturated heterocycles. The van der Waals surface area contributed by atoms with E-state index in [9.17, 15) is 0 Å². The fraction of sp³-hybridized carbons (Fsp3) is 0.172. The zero-order valence-corrected chi connectivity index (χ0v) is 17.4. The highest BCUT2D eigenvalue weighted by Crippen LogP contribution is 2.50. The van der Waals surface area contributed by atoms with Crippen molar-refractivity contribution < 1.29 is 0 Å². The third-order valence-corrected chi connectivity index (χ3v) is 6.48. The van der Waals surface area contributed by atoms with Crippen LogP contribution in [-0.4, -0.2) is 0 Å². The molecule has 0 aromatic heterocycles. The number of hydrogen-bond acceptors (Lipinski definition) is 0.